The van der Waals surface area contributed by atoms with Crippen molar-refractivity contribution in [3.05, 3.63) is 22.4 Å². The van der Waals surface area contributed by atoms with E-state index in [1.165, 1.54) is 11.3 Å². The van der Waals surface area contributed by atoms with Crippen LogP contribution in [0.4, 0.5) is 0 Å². The van der Waals surface area contributed by atoms with E-state index < -0.39 is 0 Å². The van der Waals surface area contributed by atoms with Gasteiger partial charge in [-0.05, 0) is 31.5 Å². The van der Waals surface area contributed by atoms with E-state index in [0.29, 0.717) is 24.6 Å². The number of thiophene rings is 1. The molecule has 1 heterocycles. The Morgan fingerprint density at radius 3 is 2.41 bits per heavy atom. The highest BCUT2D eigenvalue weighted by Crippen LogP contribution is 2.12. The predicted octanol–water partition coefficient (Wildman–Crippen LogP) is 2.49. The Kier molecular flexibility index (Phi) is 8.77. The van der Waals surface area contributed by atoms with Gasteiger partial charge in [-0.25, -0.2) is 0 Å². The van der Waals surface area contributed by atoms with Crippen LogP contribution in [0.3, 0.4) is 0 Å². The molecule has 1 rings (SSSR count). The van der Waals surface area contributed by atoms with Crippen LogP contribution in [0.5, 0.6) is 0 Å². The first-order valence-electron chi connectivity index (χ1n) is 7.83. The summed E-state index contributed by atoms with van der Waals surface area (Å²) in [4.78, 5) is 28.8. The van der Waals surface area contributed by atoms with E-state index in [4.69, 9.17) is 4.74 Å². The van der Waals surface area contributed by atoms with Crippen LogP contribution < -0.4 is 0 Å². The Bertz CT molecular complexity index is 444. The second-order valence-corrected chi connectivity index (χ2v) is 5.80. The highest BCUT2D eigenvalue weighted by Gasteiger charge is 2.18. The highest BCUT2D eigenvalue weighted by molar-refractivity contribution is 7.12. The van der Waals surface area contributed by atoms with E-state index in [2.05, 4.69) is 18.7 Å². The fourth-order valence-corrected chi connectivity index (χ4v) is 2.82. The number of likely N-dealkylation sites (N-methyl/N-ethyl adjacent to an activating group) is 1. The van der Waals surface area contributed by atoms with Gasteiger partial charge in [0.1, 0.15) is 0 Å². The third-order valence-corrected chi connectivity index (χ3v) is 4.35. The summed E-state index contributed by atoms with van der Waals surface area (Å²) in [5, 5.41) is 1.89. The molecule has 1 aromatic rings. The molecule has 1 aromatic heterocycles. The van der Waals surface area contributed by atoms with E-state index >= 15 is 0 Å². The molecule has 0 spiro atoms. The molecule has 0 fully saturated rings. The van der Waals surface area contributed by atoms with Gasteiger partial charge in [-0.1, -0.05) is 19.9 Å². The summed E-state index contributed by atoms with van der Waals surface area (Å²) >= 11 is 1.43. The van der Waals surface area contributed by atoms with Crippen LogP contribution in [-0.4, -0.2) is 61.0 Å². The van der Waals surface area contributed by atoms with Crippen LogP contribution >= 0.6 is 11.3 Å². The van der Waals surface area contributed by atoms with Crippen molar-refractivity contribution in [2.75, 3.05) is 39.3 Å². The molecule has 0 aromatic carbocycles. The zero-order valence-electron chi connectivity index (χ0n) is 13.7. The highest BCUT2D eigenvalue weighted by atomic mass is 32.1. The number of carbonyl (C=O) groups excluding carboxylic acids is 2. The molecule has 0 aliphatic carbocycles. The Morgan fingerprint density at radius 2 is 1.86 bits per heavy atom. The van der Waals surface area contributed by atoms with Gasteiger partial charge in [-0.3, -0.25) is 9.59 Å². The maximum Gasteiger partial charge on any atom is 0.307 e. The normalized spacial score (nSPS) is 10.7. The van der Waals surface area contributed by atoms with Gasteiger partial charge in [0.2, 0.25) is 0 Å². The van der Waals surface area contributed by atoms with Gasteiger partial charge >= 0.3 is 5.97 Å². The number of esters is 1. The van der Waals surface area contributed by atoms with Gasteiger partial charge in [0.05, 0.1) is 17.9 Å². The molecule has 1 amide bonds. The van der Waals surface area contributed by atoms with Crippen molar-refractivity contribution in [3.63, 3.8) is 0 Å². The smallest absolute Gasteiger partial charge is 0.307 e. The SMILES string of the molecule is CCOC(=O)CCN(CCN(CC)CC)C(=O)c1cccs1. The molecule has 22 heavy (non-hydrogen) atoms. The molecular formula is C16H26N2O3S. The van der Waals surface area contributed by atoms with E-state index in [-0.39, 0.29) is 18.3 Å². The van der Waals surface area contributed by atoms with Crippen LogP contribution in [0.1, 0.15) is 36.9 Å². The van der Waals surface area contributed by atoms with Gasteiger partial charge in [0.25, 0.3) is 5.91 Å². The van der Waals surface area contributed by atoms with Crippen molar-refractivity contribution in [3.8, 4) is 0 Å². The van der Waals surface area contributed by atoms with E-state index in [1.807, 2.05) is 17.5 Å². The minimum atomic E-state index is -0.255. The summed E-state index contributed by atoms with van der Waals surface area (Å²) in [5.41, 5.74) is 0. The van der Waals surface area contributed by atoms with Crippen LogP contribution in [0.25, 0.3) is 0 Å². The molecule has 0 aliphatic heterocycles. The lowest BCUT2D eigenvalue weighted by atomic mass is 10.3. The number of amides is 1. The summed E-state index contributed by atoms with van der Waals surface area (Å²) in [6, 6.07) is 3.69. The predicted molar refractivity (Wildman–Crippen MR) is 89.3 cm³/mol. The summed E-state index contributed by atoms with van der Waals surface area (Å²) in [5.74, 6) is -0.263. The molecule has 6 heteroatoms. The summed E-state index contributed by atoms with van der Waals surface area (Å²) in [7, 11) is 0. The average Bonchev–Trinajstić information content (AvgIpc) is 3.05. The number of nitrogens with zero attached hydrogens (tertiary/aromatic N) is 2. The van der Waals surface area contributed by atoms with Crippen molar-refractivity contribution in [2.24, 2.45) is 0 Å². The van der Waals surface area contributed by atoms with Gasteiger partial charge < -0.3 is 14.5 Å². The molecule has 0 unspecified atom stereocenters. The largest absolute Gasteiger partial charge is 0.466 e. The average molecular weight is 326 g/mol. The quantitative estimate of drug-likeness (QED) is 0.620. The minimum absolute atomic E-state index is 0.00791. The molecule has 5 nitrogen and oxygen atoms in total. The van der Waals surface area contributed by atoms with Gasteiger partial charge in [-0.2, -0.15) is 0 Å². The lowest BCUT2D eigenvalue weighted by Gasteiger charge is -2.26. The number of rotatable bonds is 10. The van der Waals surface area contributed by atoms with E-state index in [0.717, 1.165) is 19.6 Å². The number of ether oxygens (including phenoxy) is 1. The van der Waals surface area contributed by atoms with Crippen molar-refractivity contribution in [2.45, 2.75) is 27.2 Å². The summed E-state index contributed by atoms with van der Waals surface area (Å²) < 4.78 is 4.95. The van der Waals surface area contributed by atoms with Crippen LogP contribution in [-0.2, 0) is 9.53 Å². The van der Waals surface area contributed by atoms with Crippen molar-refractivity contribution in [1.82, 2.24) is 9.80 Å². The van der Waals surface area contributed by atoms with Crippen molar-refractivity contribution >= 4 is 23.2 Å². The van der Waals surface area contributed by atoms with Crippen molar-refractivity contribution in [1.29, 1.82) is 0 Å². The maximum atomic E-state index is 12.5. The molecule has 0 saturated carbocycles. The lowest BCUT2D eigenvalue weighted by Crippen LogP contribution is -2.39. The van der Waals surface area contributed by atoms with Gasteiger partial charge in [0, 0.05) is 19.6 Å². The Balaban J connectivity index is 2.63. The molecule has 124 valence electrons. The van der Waals surface area contributed by atoms with Crippen LogP contribution in [0.2, 0.25) is 0 Å². The second kappa shape index (κ2) is 10.3. The zero-order chi connectivity index (χ0) is 16.4. The Hall–Kier alpha value is -1.40. The molecule has 0 saturated heterocycles. The molecule has 0 atom stereocenters. The van der Waals surface area contributed by atoms with Crippen LogP contribution in [0.15, 0.2) is 17.5 Å². The third kappa shape index (κ3) is 6.15. The molecular weight excluding hydrogens is 300 g/mol. The molecule has 0 N–H and O–H groups in total. The number of carbonyl (C=O) groups is 2. The van der Waals surface area contributed by atoms with Crippen LogP contribution in [0, 0.1) is 0 Å². The monoisotopic (exact) mass is 326 g/mol. The third-order valence-electron chi connectivity index (χ3n) is 3.49. The molecule has 0 aliphatic rings. The second-order valence-electron chi connectivity index (χ2n) is 4.85. The first-order valence-corrected chi connectivity index (χ1v) is 8.71. The lowest BCUT2D eigenvalue weighted by molar-refractivity contribution is -0.143. The summed E-state index contributed by atoms with van der Waals surface area (Å²) in [6.45, 7) is 10.1. The topological polar surface area (TPSA) is 49.9 Å². The first-order chi connectivity index (χ1) is 10.6. The van der Waals surface area contributed by atoms with E-state index in [9.17, 15) is 9.59 Å². The standard InChI is InChI=1S/C16H26N2O3S/c1-4-17(5-2)11-12-18(10-9-15(19)21-6-3)16(20)14-8-7-13-22-14/h7-8,13H,4-6,9-12H2,1-3H3. The van der Waals surface area contributed by atoms with Crippen molar-refractivity contribution < 1.29 is 14.3 Å². The van der Waals surface area contributed by atoms with Gasteiger partial charge in [-0.15, -0.1) is 11.3 Å². The zero-order valence-corrected chi connectivity index (χ0v) is 14.5. The Morgan fingerprint density at radius 1 is 1.14 bits per heavy atom. The van der Waals surface area contributed by atoms with E-state index in [1.54, 1.807) is 11.8 Å². The maximum absolute atomic E-state index is 12.5. The fraction of sp³-hybridized carbons (Fsp3) is 0.625. The molecule has 0 radical (unpaired) electrons. The number of hydrogen-bond donors (Lipinski definition) is 0. The fourth-order valence-electron chi connectivity index (χ4n) is 2.13. The van der Waals surface area contributed by atoms with Gasteiger partial charge in [0.15, 0.2) is 0 Å². The minimum Gasteiger partial charge on any atom is -0.466 e. The first kappa shape index (κ1) is 18.6. The molecule has 0 bridgehead atoms. The Labute approximate surface area is 136 Å². The number of hydrogen-bond acceptors (Lipinski definition) is 5. The summed E-state index contributed by atoms with van der Waals surface area (Å²) in [6.07, 6.45) is 0.239.